The highest BCUT2D eigenvalue weighted by Crippen LogP contribution is 2.36. The van der Waals surface area contributed by atoms with Gasteiger partial charge in [-0.3, -0.25) is 14.5 Å². The quantitative estimate of drug-likeness (QED) is 0.847. The van der Waals surface area contributed by atoms with Gasteiger partial charge in [-0.2, -0.15) is 0 Å². The largest absolute Gasteiger partial charge is 0.369 e. The van der Waals surface area contributed by atoms with E-state index in [2.05, 4.69) is 10.3 Å². The number of halogens is 1. The number of thiophene rings is 1. The van der Waals surface area contributed by atoms with E-state index in [9.17, 15) is 14.0 Å². The zero-order valence-electron chi connectivity index (χ0n) is 15.6. The molecule has 0 bridgehead atoms. The van der Waals surface area contributed by atoms with Crippen LogP contribution in [0.5, 0.6) is 0 Å². The SMILES string of the molecule is Cc1cc(C(=O)Nc2ccc(F)c(C3(C)CC(=O)N(C)C(N)=N3)c2)c(C)s1. The van der Waals surface area contributed by atoms with Gasteiger partial charge in [-0.1, -0.05) is 0 Å². The van der Waals surface area contributed by atoms with Crippen LogP contribution in [0.4, 0.5) is 10.1 Å². The van der Waals surface area contributed by atoms with Crippen LogP contribution in [0, 0.1) is 19.7 Å². The number of nitrogens with one attached hydrogen (secondary N) is 1. The molecule has 6 nitrogen and oxygen atoms in total. The number of hydrogen-bond donors (Lipinski definition) is 2. The van der Waals surface area contributed by atoms with Gasteiger partial charge in [-0.05, 0) is 45.0 Å². The number of aliphatic imine (C=N–C) groups is 1. The highest BCUT2D eigenvalue weighted by atomic mass is 32.1. The zero-order valence-corrected chi connectivity index (χ0v) is 16.4. The molecule has 1 aliphatic heterocycles. The number of benzene rings is 1. The van der Waals surface area contributed by atoms with E-state index in [-0.39, 0.29) is 29.8 Å². The summed E-state index contributed by atoms with van der Waals surface area (Å²) < 4.78 is 14.5. The van der Waals surface area contributed by atoms with E-state index in [1.165, 1.54) is 30.1 Å². The van der Waals surface area contributed by atoms with Crippen molar-refractivity contribution < 1.29 is 14.0 Å². The number of hydrogen-bond acceptors (Lipinski definition) is 5. The van der Waals surface area contributed by atoms with Gasteiger partial charge in [0.1, 0.15) is 5.82 Å². The molecule has 8 heteroatoms. The minimum atomic E-state index is -1.13. The molecule has 1 aromatic carbocycles. The molecule has 0 saturated heterocycles. The predicted octanol–water partition coefficient (Wildman–Crippen LogP) is 3.15. The normalized spacial score (nSPS) is 19.8. The minimum Gasteiger partial charge on any atom is -0.369 e. The van der Waals surface area contributed by atoms with Crippen molar-refractivity contribution in [2.75, 3.05) is 12.4 Å². The maximum Gasteiger partial charge on any atom is 0.256 e. The molecule has 0 fully saturated rings. The van der Waals surface area contributed by atoms with Crippen molar-refractivity contribution in [2.24, 2.45) is 10.7 Å². The molecule has 3 N–H and O–H groups in total. The second-order valence-electron chi connectivity index (χ2n) is 6.85. The first-order valence-corrected chi connectivity index (χ1v) is 9.22. The lowest BCUT2D eigenvalue weighted by Crippen LogP contribution is -2.47. The topological polar surface area (TPSA) is 87.8 Å². The second-order valence-corrected chi connectivity index (χ2v) is 8.31. The second kappa shape index (κ2) is 6.77. The van der Waals surface area contributed by atoms with Crippen molar-refractivity contribution in [1.29, 1.82) is 0 Å². The van der Waals surface area contributed by atoms with E-state index in [4.69, 9.17) is 5.73 Å². The van der Waals surface area contributed by atoms with Crippen molar-refractivity contribution in [2.45, 2.75) is 32.7 Å². The Morgan fingerprint density at radius 3 is 2.67 bits per heavy atom. The van der Waals surface area contributed by atoms with Crippen LogP contribution >= 0.6 is 11.3 Å². The molecule has 2 heterocycles. The molecular formula is C19H21FN4O2S. The lowest BCUT2D eigenvalue weighted by atomic mass is 9.87. The number of guanidine groups is 1. The van der Waals surface area contributed by atoms with Gasteiger partial charge in [-0.25, -0.2) is 9.38 Å². The maximum absolute atomic E-state index is 14.5. The Bertz CT molecular complexity index is 969. The molecule has 1 atom stereocenters. The first-order valence-electron chi connectivity index (χ1n) is 8.41. The van der Waals surface area contributed by atoms with E-state index in [0.717, 1.165) is 9.75 Å². The fourth-order valence-electron chi connectivity index (χ4n) is 3.13. The Balaban J connectivity index is 1.94. The highest BCUT2D eigenvalue weighted by Gasteiger charge is 2.38. The van der Waals surface area contributed by atoms with Crippen molar-refractivity contribution in [3.8, 4) is 0 Å². The van der Waals surface area contributed by atoms with Crippen LogP contribution in [0.1, 0.15) is 39.0 Å². The standard InChI is InChI=1S/C19H21FN4O2S/c1-10-7-13(11(2)27-10)17(26)22-12-5-6-15(20)14(8-12)19(3)9-16(25)24(4)18(21)23-19/h5-8H,9H2,1-4H3,(H2,21,23)(H,22,26). The highest BCUT2D eigenvalue weighted by molar-refractivity contribution is 7.12. The first kappa shape index (κ1) is 19.0. The third kappa shape index (κ3) is 3.57. The molecule has 1 aromatic heterocycles. The van der Waals surface area contributed by atoms with Crippen LogP contribution in [0.3, 0.4) is 0 Å². The number of anilines is 1. The summed E-state index contributed by atoms with van der Waals surface area (Å²) in [6.45, 7) is 5.47. The fourth-order valence-corrected chi connectivity index (χ4v) is 4.06. The Morgan fingerprint density at radius 1 is 1.37 bits per heavy atom. The summed E-state index contributed by atoms with van der Waals surface area (Å²) in [5, 5.41) is 2.79. The molecule has 1 unspecified atom stereocenters. The summed E-state index contributed by atoms with van der Waals surface area (Å²) in [6, 6.07) is 6.08. The molecule has 142 valence electrons. The van der Waals surface area contributed by atoms with Gasteiger partial charge in [0.15, 0.2) is 5.96 Å². The van der Waals surface area contributed by atoms with Crippen molar-refractivity contribution in [3.05, 3.63) is 51.0 Å². The van der Waals surface area contributed by atoms with E-state index in [1.807, 2.05) is 19.9 Å². The van der Waals surface area contributed by atoms with E-state index in [0.29, 0.717) is 11.3 Å². The summed E-state index contributed by atoms with van der Waals surface area (Å²) >= 11 is 1.54. The lowest BCUT2D eigenvalue weighted by Gasteiger charge is -2.34. The summed E-state index contributed by atoms with van der Waals surface area (Å²) in [6.07, 6.45) is -0.0125. The van der Waals surface area contributed by atoms with E-state index in [1.54, 1.807) is 18.3 Å². The fraction of sp³-hybridized carbons (Fsp3) is 0.316. The molecular weight excluding hydrogens is 367 g/mol. The molecule has 0 saturated carbocycles. The van der Waals surface area contributed by atoms with Gasteiger partial charge >= 0.3 is 0 Å². The van der Waals surface area contributed by atoms with Gasteiger partial charge in [-0.15, -0.1) is 11.3 Å². The predicted molar refractivity (Wildman–Crippen MR) is 105 cm³/mol. The molecule has 3 rings (SSSR count). The number of rotatable bonds is 3. The smallest absolute Gasteiger partial charge is 0.256 e. The molecule has 0 aliphatic carbocycles. The van der Waals surface area contributed by atoms with E-state index >= 15 is 0 Å². The van der Waals surface area contributed by atoms with Crippen LogP contribution in [0.2, 0.25) is 0 Å². The number of amides is 2. The van der Waals surface area contributed by atoms with Gasteiger partial charge in [0.25, 0.3) is 5.91 Å². The van der Waals surface area contributed by atoms with Crippen LogP contribution in [-0.2, 0) is 10.3 Å². The summed E-state index contributed by atoms with van der Waals surface area (Å²) in [7, 11) is 1.53. The zero-order chi connectivity index (χ0) is 19.9. The molecule has 1 aliphatic rings. The van der Waals surface area contributed by atoms with Gasteiger partial charge < -0.3 is 11.1 Å². The lowest BCUT2D eigenvalue weighted by molar-refractivity contribution is -0.128. The van der Waals surface area contributed by atoms with Crippen LogP contribution < -0.4 is 11.1 Å². The van der Waals surface area contributed by atoms with Crippen molar-refractivity contribution in [1.82, 2.24) is 4.90 Å². The third-order valence-electron chi connectivity index (χ3n) is 4.66. The van der Waals surface area contributed by atoms with Crippen molar-refractivity contribution >= 4 is 34.8 Å². The number of nitrogens with two attached hydrogens (primary N) is 1. The Labute approximate surface area is 160 Å². The Kier molecular flexibility index (Phi) is 4.77. The van der Waals surface area contributed by atoms with E-state index < -0.39 is 11.4 Å². The van der Waals surface area contributed by atoms with Crippen molar-refractivity contribution in [3.63, 3.8) is 0 Å². The molecule has 0 radical (unpaired) electrons. The average Bonchev–Trinajstić information content (AvgIpc) is 2.92. The summed E-state index contributed by atoms with van der Waals surface area (Å²) in [5.41, 5.74) is 5.91. The van der Waals surface area contributed by atoms with Gasteiger partial charge in [0.05, 0.1) is 17.5 Å². The van der Waals surface area contributed by atoms with Crippen LogP contribution in [-0.4, -0.2) is 29.7 Å². The average molecular weight is 388 g/mol. The summed E-state index contributed by atoms with van der Waals surface area (Å²) in [5.74, 6) is -0.982. The minimum absolute atomic E-state index is 0.0125. The third-order valence-corrected chi connectivity index (χ3v) is 5.63. The first-order chi connectivity index (χ1) is 12.6. The van der Waals surface area contributed by atoms with Gasteiger partial charge in [0.2, 0.25) is 5.91 Å². The molecule has 2 aromatic rings. The Morgan fingerprint density at radius 2 is 2.07 bits per heavy atom. The maximum atomic E-state index is 14.5. The number of aryl methyl sites for hydroxylation is 2. The number of carbonyl (C=O) groups is 2. The number of carbonyl (C=O) groups excluding carboxylic acids is 2. The number of nitrogens with zero attached hydrogens (tertiary/aromatic N) is 2. The molecule has 2 amide bonds. The molecule has 0 spiro atoms. The van der Waals surface area contributed by atoms with Gasteiger partial charge in [0, 0.05) is 28.1 Å². The monoisotopic (exact) mass is 388 g/mol. The summed E-state index contributed by atoms with van der Waals surface area (Å²) in [4.78, 5) is 32.2. The molecule has 27 heavy (non-hydrogen) atoms. The van der Waals surface area contributed by atoms with Crippen LogP contribution in [0.25, 0.3) is 0 Å². The Hall–Kier alpha value is -2.74. The van der Waals surface area contributed by atoms with Crippen LogP contribution in [0.15, 0.2) is 29.3 Å².